The van der Waals surface area contributed by atoms with Crippen LogP contribution in [-0.4, -0.2) is 37.2 Å². The number of sulfonamides is 2. The lowest BCUT2D eigenvalue weighted by Crippen LogP contribution is -2.13. The van der Waals surface area contributed by atoms with Crippen molar-refractivity contribution in [1.29, 1.82) is 0 Å². The van der Waals surface area contributed by atoms with Crippen LogP contribution in [-0.2, 0) is 32.9 Å². The van der Waals surface area contributed by atoms with Crippen LogP contribution in [0.3, 0.4) is 0 Å². The third-order valence-corrected chi connectivity index (χ3v) is 7.94. The van der Waals surface area contributed by atoms with Gasteiger partial charge in [0.15, 0.2) is 10.1 Å². The number of anilines is 2. The second kappa shape index (κ2) is 7.50. The van der Waals surface area contributed by atoms with Crippen LogP contribution >= 0.6 is 0 Å². The van der Waals surface area contributed by atoms with Crippen molar-refractivity contribution in [2.24, 2.45) is 0 Å². The van der Waals surface area contributed by atoms with E-state index in [4.69, 9.17) is 0 Å². The lowest BCUT2D eigenvalue weighted by atomic mass is 10.1. The average Bonchev–Trinajstić information content (AvgIpc) is 3.37. The number of benzene rings is 2. The number of H-pyrrole nitrogens is 2. The zero-order valence-corrected chi connectivity index (χ0v) is 18.2. The zero-order valence-electron chi connectivity index (χ0n) is 16.5. The van der Waals surface area contributed by atoms with Gasteiger partial charge < -0.3 is 0 Å². The van der Waals surface area contributed by atoms with Crippen LogP contribution in [0, 0.1) is 0 Å². The maximum absolute atomic E-state index is 11.9. The predicted octanol–water partition coefficient (Wildman–Crippen LogP) is 2.23. The van der Waals surface area contributed by atoms with E-state index in [2.05, 4.69) is 29.8 Å². The summed E-state index contributed by atoms with van der Waals surface area (Å²) < 4.78 is 52.8. The van der Waals surface area contributed by atoms with Gasteiger partial charge in [0.2, 0.25) is 0 Å². The Morgan fingerprint density at radius 2 is 1.00 bits per heavy atom. The van der Waals surface area contributed by atoms with Crippen molar-refractivity contribution in [2.75, 3.05) is 9.44 Å². The van der Waals surface area contributed by atoms with Crippen LogP contribution in [0.25, 0.3) is 0 Å². The first-order valence-corrected chi connectivity index (χ1v) is 12.6. The largest absolute Gasteiger partial charge is 0.279 e. The summed E-state index contributed by atoms with van der Waals surface area (Å²) in [7, 11) is -7.03. The normalized spacial score (nSPS) is 16.8. The molecule has 0 radical (unpaired) electrons. The summed E-state index contributed by atoms with van der Waals surface area (Å²) in [5.41, 5.74) is 4.55. The van der Waals surface area contributed by atoms with Crippen molar-refractivity contribution in [3.05, 3.63) is 83.2 Å². The van der Waals surface area contributed by atoms with Crippen molar-refractivity contribution in [3.8, 4) is 0 Å². The molecule has 4 heterocycles. The topological polar surface area (TPSA) is 150 Å². The Hall–Kier alpha value is -3.64. The number of hydrogen-bond acceptors (Lipinski definition) is 6. The number of aromatic nitrogens is 4. The molecule has 2 aromatic heterocycles. The van der Waals surface area contributed by atoms with Crippen molar-refractivity contribution in [1.82, 2.24) is 20.4 Å². The fourth-order valence-electron chi connectivity index (χ4n) is 3.67. The molecule has 0 aliphatic carbocycles. The quantitative estimate of drug-likeness (QED) is 0.310. The van der Waals surface area contributed by atoms with Gasteiger partial charge in [-0.05, 0) is 23.3 Å². The Morgan fingerprint density at radius 3 is 1.44 bits per heavy atom. The minimum Gasteiger partial charge on any atom is -0.278 e. The monoisotopic (exact) mass is 470 g/mol. The molecule has 164 valence electrons. The number of fused-ring (bicyclic) bond motifs is 4. The molecule has 0 saturated carbocycles. The molecular weight excluding hydrogens is 452 g/mol. The molecule has 2 aromatic carbocycles. The highest BCUT2D eigenvalue weighted by molar-refractivity contribution is 7.93. The molecule has 32 heavy (non-hydrogen) atoms. The second-order valence-electron chi connectivity index (χ2n) is 7.33. The van der Waals surface area contributed by atoms with Crippen LogP contribution in [0.4, 0.5) is 11.4 Å². The first-order chi connectivity index (χ1) is 15.3. The van der Waals surface area contributed by atoms with E-state index in [-0.39, 0.29) is 10.1 Å². The van der Waals surface area contributed by atoms with Crippen LogP contribution < -0.4 is 9.44 Å². The molecule has 6 rings (SSSR count). The molecule has 10 nitrogen and oxygen atoms in total. The predicted molar refractivity (Wildman–Crippen MR) is 117 cm³/mol. The molecule has 0 fully saturated rings. The second-order valence-corrected chi connectivity index (χ2v) is 10.6. The van der Waals surface area contributed by atoms with E-state index < -0.39 is 20.0 Å². The molecule has 12 heteroatoms. The van der Waals surface area contributed by atoms with Gasteiger partial charge in [0, 0.05) is 24.0 Å². The first-order valence-electron chi connectivity index (χ1n) is 9.59. The summed E-state index contributed by atoms with van der Waals surface area (Å²) in [6, 6.07) is 14.7. The summed E-state index contributed by atoms with van der Waals surface area (Å²) >= 11 is 0. The highest BCUT2D eigenvalue weighted by Crippen LogP contribution is 2.29. The van der Waals surface area contributed by atoms with Crippen molar-refractivity contribution >= 4 is 31.4 Å². The summed E-state index contributed by atoms with van der Waals surface area (Å²) in [4.78, 5) is 0. The van der Waals surface area contributed by atoms with Crippen LogP contribution in [0.2, 0.25) is 0 Å². The Bertz CT molecular complexity index is 1410. The summed E-state index contributed by atoms with van der Waals surface area (Å²) in [5.74, 6) is 0. The Balaban J connectivity index is 0.000000135. The van der Waals surface area contributed by atoms with E-state index in [1.54, 1.807) is 36.7 Å². The molecule has 4 N–H and O–H groups in total. The molecule has 0 bridgehead atoms. The highest BCUT2D eigenvalue weighted by atomic mass is 32.2. The number of aromatic amines is 2. The summed E-state index contributed by atoms with van der Waals surface area (Å²) in [6.07, 6.45) is 4.23. The third kappa shape index (κ3) is 3.63. The maximum atomic E-state index is 11.9. The first kappa shape index (κ1) is 20.3. The SMILES string of the molecule is O=S1(=O)Nc2ccccc2Cc2cn[nH]c21.O=S1(=O)Nc2ccccc2Cc2cn[nH]c21. The summed E-state index contributed by atoms with van der Waals surface area (Å²) in [5, 5.41) is 12.9. The van der Waals surface area contributed by atoms with Gasteiger partial charge in [-0.2, -0.15) is 27.0 Å². The standard InChI is InChI=1S/2C10H9N3O2S/c2*14-16(15)10-8(6-11-12-10)5-7-3-1-2-4-9(7)13-16/h2*1-4,6,13H,5H2,(H,11,12). The van der Waals surface area contributed by atoms with Gasteiger partial charge in [-0.15, -0.1) is 0 Å². The van der Waals surface area contributed by atoms with E-state index in [1.807, 2.05) is 24.3 Å². The van der Waals surface area contributed by atoms with Gasteiger partial charge in [0.25, 0.3) is 20.0 Å². The fraction of sp³-hybridized carbons (Fsp3) is 0.100. The molecule has 0 atom stereocenters. The summed E-state index contributed by atoms with van der Waals surface area (Å²) in [6.45, 7) is 0. The highest BCUT2D eigenvalue weighted by Gasteiger charge is 2.26. The minimum atomic E-state index is -3.52. The average molecular weight is 471 g/mol. The Labute approximate surface area is 184 Å². The van der Waals surface area contributed by atoms with Crippen molar-refractivity contribution in [2.45, 2.75) is 22.9 Å². The third-order valence-electron chi connectivity index (χ3n) is 5.18. The van der Waals surface area contributed by atoms with Gasteiger partial charge >= 0.3 is 0 Å². The number of nitrogens with zero attached hydrogens (tertiary/aromatic N) is 2. The molecule has 2 aliphatic rings. The lowest BCUT2D eigenvalue weighted by Gasteiger charge is -2.06. The number of para-hydroxylation sites is 2. The van der Waals surface area contributed by atoms with Gasteiger partial charge in [-0.25, -0.2) is 0 Å². The molecular formula is C20H18N6O4S2. The molecule has 0 unspecified atom stereocenters. The van der Waals surface area contributed by atoms with Gasteiger partial charge in [0.05, 0.1) is 23.8 Å². The fourth-order valence-corrected chi connectivity index (χ4v) is 6.13. The van der Waals surface area contributed by atoms with E-state index in [9.17, 15) is 16.8 Å². The van der Waals surface area contributed by atoms with Crippen LogP contribution in [0.5, 0.6) is 0 Å². The number of hydrogen-bond donors (Lipinski definition) is 4. The zero-order chi connectivity index (χ0) is 22.3. The van der Waals surface area contributed by atoms with Gasteiger partial charge in [-0.3, -0.25) is 19.6 Å². The van der Waals surface area contributed by atoms with Crippen LogP contribution in [0.15, 0.2) is 71.0 Å². The number of rotatable bonds is 0. The molecule has 0 amide bonds. The van der Waals surface area contributed by atoms with Crippen molar-refractivity contribution < 1.29 is 16.8 Å². The lowest BCUT2D eigenvalue weighted by molar-refractivity contribution is 0.595. The minimum absolute atomic E-state index is 0.156. The molecule has 0 saturated heterocycles. The van der Waals surface area contributed by atoms with Crippen molar-refractivity contribution in [3.63, 3.8) is 0 Å². The molecule has 4 aromatic rings. The Morgan fingerprint density at radius 1 is 0.594 bits per heavy atom. The molecule has 0 spiro atoms. The van der Waals surface area contributed by atoms with Gasteiger partial charge in [0.1, 0.15) is 0 Å². The van der Waals surface area contributed by atoms with E-state index >= 15 is 0 Å². The number of nitrogens with one attached hydrogen (secondary N) is 4. The van der Waals surface area contributed by atoms with E-state index in [1.165, 1.54) is 0 Å². The van der Waals surface area contributed by atoms with Gasteiger partial charge in [-0.1, -0.05) is 36.4 Å². The van der Waals surface area contributed by atoms with Crippen LogP contribution in [0.1, 0.15) is 22.3 Å². The Kier molecular flexibility index (Phi) is 4.75. The van der Waals surface area contributed by atoms with E-state index in [0.29, 0.717) is 35.3 Å². The maximum Gasteiger partial charge on any atom is 0.279 e. The molecule has 2 aliphatic heterocycles. The smallest absolute Gasteiger partial charge is 0.278 e. The van der Waals surface area contributed by atoms with E-state index in [0.717, 1.165) is 11.1 Å².